The van der Waals surface area contributed by atoms with Gasteiger partial charge in [0.1, 0.15) is 0 Å². The summed E-state index contributed by atoms with van der Waals surface area (Å²) in [6.07, 6.45) is 16.1. The molecule has 0 aromatic rings. The fraction of sp³-hybridized carbons (Fsp3) is 0.792. The zero-order valence-electron chi connectivity index (χ0n) is 18.0. The molecule has 1 aliphatic carbocycles. The third-order valence-corrected chi connectivity index (χ3v) is 6.92. The Morgan fingerprint density at radius 1 is 1.18 bits per heavy atom. The molecule has 4 heteroatoms. The van der Waals surface area contributed by atoms with Crippen molar-refractivity contribution in [3.63, 3.8) is 0 Å². The molecule has 3 aliphatic rings. The van der Waals surface area contributed by atoms with Gasteiger partial charge in [-0.1, -0.05) is 52.4 Å². The zero-order chi connectivity index (χ0) is 20.2. The highest BCUT2D eigenvalue weighted by molar-refractivity contribution is 5.96. The van der Waals surface area contributed by atoms with Crippen molar-refractivity contribution < 1.29 is 19.4 Å². The van der Waals surface area contributed by atoms with Gasteiger partial charge in [0, 0.05) is 18.3 Å². The van der Waals surface area contributed by atoms with Crippen LogP contribution >= 0.6 is 0 Å². The van der Waals surface area contributed by atoms with E-state index < -0.39 is 11.2 Å². The maximum absolute atomic E-state index is 12.3. The minimum absolute atomic E-state index is 0.0519. The van der Waals surface area contributed by atoms with Gasteiger partial charge in [-0.25, -0.2) is 0 Å². The van der Waals surface area contributed by atoms with Crippen molar-refractivity contribution in [2.75, 3.05) is 6.61 Å². The van der Waals surface area contributed by atoms with Gasteiger partial charge in [-0.05, 0) is 49.5 Å². The van der Waals surface area contributed by atoms with Crippen molar-refractivity contribution in [3.05, 3.63) is 23.3 Å². The number of carbonyl (C=O) groups excluding carboxylic acids is 1. The summed E-state index contributed by atoms with van der Waals surface area (Å²) in [7, 11) is 0. The van der Waals surface area contributed by atoms with Crippen molar-refractivity contribution in [3.8, 4) is 0 Å². The van der Waals surface area contributed by atoms with Gasteiger partial charge in [-0.2, -0.15) is 0 Å². The van der Waals surface area contributed by atoms with E-state index in [-0.39, 0.29) is 24.6 Å². The molecule has 0 aromatic heterocycles. The Hall–Kier alpha value is -0.970. The molecule has 0 saturated carbocycles. The quantitative estimate of drug-likeness (QED) is 0.454. The normalized spacial score (nSPS) is 35.5. The van der Waals surface area contributed by atoms with Gasteiger partial charge in [0.15, 0.2) is 11.6 Å². The van der Waals surface area contributed by atoms with E-state index in [1.54, 1.807) is 0 Å². The first kappa shape index (κ1) is 21.7. The number of aliphatic hydroxyl groups is 1. The molecule has 158 valence electrons. The summed E-state index contributed by atoms with van der Waals surface area (Å²) in [5.74, 6) is -0.604. The average molecular weight is 391 g/mol. The minimum Gasteiger partial charge on any atom is -0.392 e. The molecule has 4 atom stereocenters. The molecule has 0 bridgehead atoms. The van der Waals surface area contributed by atoms with Crippen LogP contribution in [0.25, 0.3) is 0 Å². The Morgan fingerprint density at radius 2 is 1.93 bits per heavy atom. The molecule has 0 unspecified atom stereocenters. The van der Waals surface area contributed by atoms with Crippen LogP contribution in [0.2, 0.25) is 0 Å². The Kier molecular flexibility index (Phi) is 7.17. The first-order chi connectivity index (χ1) is 13.4. The predicted molar refractivity (Wildman–Crippen MR) is 111 cm³/mol. The lowest BCUT2D eigenvalue weighted by molar-refractivity contribution is -0.283. The van der Waals surface area contributed by atoms with Gasteiger partial charge in [0.2, 0.25) is 0 Å². The standard InChI is InChI=1S/C24H38O4/c1-4-5-6-7-8-9-11-20-12-10-13-24(27-20)15-19(17-25)23(3)16-21(26)18(2)14-22(23)28-24/h14-15,20,22,25H,4-13,16-17H2,1-3H3/t20-,22-,23-,24+/m1/s1. The molecule has 1 spiro atoms. The molecule has 4 nitrogen and oxygen atoms in total. The van der Waals surface area contributed by atoms with E-state index in [1.807, 2.05) is 26.0 Å². The molecule has 1 N–H and O–H groups in total. The Balaban J connectivity index is 1.67. The van der Waals surface area contributed by atoms with Gasteiger partial charge in [-0.15, -0.1) is 0 Å². The molecule has 1 saturated heterocycles. The zero-order valence-corrected chi connectivity index (χ0v) is 18.0. The van der Waals surface area contributed by atoms with Crippen LogP contribution < -0.4 is 0 Å². The highest BCUT2D eigenvalue weighted by atomic mass is 16.7. The molecule has 0 radical (unpaired) electrons. The smallest absolute Gasteiger partial charge is 0.189 e. The lowest BCUT2D eigenvalue weighted by Crippen LogP contribution is -2.54. The maximum Gasteiger partial charge on any atom is 0.189 e. The lowest BCUT2D eigenvalue weighted by Gasteiger charge is -2.51. The van der Waals surface area contributed by atoms with E-state index in [1.165, 1.54) is 38.5 Å². The second-order valence-electron chi connectivity index (χ2n) is 9.23. The van der Waals surface area contributed by atoms with Gasteiger partial charge in [0.25, 0.3) is 0 Å². The van der Waals surface area contributed by atoms with Crippen molar-refractivity contribution in [1.29, 1.82) is 0 Å². The Labute approximate surface area is 170 Å². The van der Waals surface area contributed by atoms with Crippen LogP contribution in [0.15, 0.2) is 23.3 Å². The van der Waals surface area contributed by atoms with Crippen LogP contribution in [-0.4, -0.2) is 35.5 Å². The van der Waals surface area contributed by atoms with Crippen LogP contribution in [0.3, 0.4) is 0 Å². The number of ether oxygens (including phenoxy) is 2. The van der Waals surface area contributed by atoms with E-state index >= 15 is 0 Å². The molecule has 2 heterocycles. The number of ketones is 1. The number of hydrogen-bond donors (Lipinski definition) is 1. The number of fused-ring (bicyclic) bond motifs is 1. The third-order valence-electron chi connectivity index (χ3n) is 6.92. The minimum atomic E-state index is -0.746. The van der Waals surface area contributed by atoms with Crippen LogP contribution in [-0.2, 0) is 14.3 Å². The van der Waals surface area contributed by atoms with Crippen LogP contribution in [0.4, 0.5) is 0 Å². The van der Waals surface area contributed by atoms with Gasteiger partial charge in [0.05, 0.1) is 18.8 Å². The molecular formula is C24H38O4. The first-order valence-electron chi connectivity index (χ1n) is 11.3. The van der Waals surface area contributed by atoms with Crippen molar-refractivity contribution in [1.82, 2.24) is 0 Å². The predicted octanol–water partition coefficient (Wildman–Crippen LogP) is 5.25. The highest BCUT2D eigenvalue weighted by Gasteiger charge is 2.52. The number of unbranched alkanes of at least 4 members (excludes halogenated alkanes) is 5. The fourth-order valence-corrected chi connectivity index (χ4v) is 4.97. The number of carbonyl (C=O) groups is 1. The second kappa shape index (κ2) is 9.23. The van der Waals surface area contributed by atoms with Crippen molar-refractivity contribution >= 4 is 5.78 Å². The number of Topliss-reactive ketones (excluding diaryl/α,β-unsaturated/α-hetero) is 1. The van der Waals surface area contributed by atoms with Gasteiger partial charge in [-0.3, -0.25) is 4.79 Å². The fourth-order valence-electron chi connectivity index (χ4n) is 4.97. The molecule has 0 aromatic carbocycles. The molecule has 0 amide bonds. The monoisotopic (exact) mass is 390 g/mol. The topological polar surface area (TPSA) is 55.8 Å². The van der Waals surface area contributed by atoms with Gasteiger partial charge >= 0.3 is 0 Å². The summed E-state index contributed by atoms with van der Waals surface area (Å²) in [5, 5.41) is 10.1. The average Bonchev–Trinajstić information content (AvgIpc) is 2.67. The van der Waals surface area contributed by atoms with Crippen LogP contribution in [0.1, 0.15) is 91.4 Å². The summed E-state index contributed by atoms with van der Waals surface area (Å²) in [5.41, 5.74) is 1.18. The summed E-state index contributed by atoms with van der Waals surface area (Å²) in [6.45, 7) is 6.09. The first-order valence-corrected chi connectivity index (χ1v) is 11.3. The summed E-state index contributed by atoms with van der Waals surface area (Å²) in [6, 6.07) is 0. The lowest BCUT2D eigenvalue weighted by atomic mass is 9.67. The summed E-state index contributed by atoms with van der Waals surface area (Å²) >= 11 is 0. The second-order valence-corrected chi connectivity index (χ2v) is 9.23. The number of aliphatic hydroxyl groups excluding tert-OH is 1. The third kappa shape index (κ3) is 4.60. The van der Waals surface area contributed by atoms with E-state index in [4.69, 9.17) is 9.47 Å². The Morgan fingerprint density at radius 3 is 2.68 bits per heavy atom. The van der Waals surface area contributed by atoms with Crippen molar-refractivity contribution in [2.45, 2.75) is 109 Å². The van der Waals surface area contributed by atoms with E-state index in [2.05, 4.69) is 6.92 Å². The van der Waals surface area contributed by atoms with Crippen LogP contribution in [0.5, 0.6) is 0 Å². The maximum atomic E-state index is 12.3. The van der Waals surface area contributed by atoms with E-state index in [0.717, 1.165) is 36.8 Å². The highest BCUT2D eigenvalue weighted by Crippen LogP contribution is 2.50. The Bertz CT molecular complexity index is 622. The van der Waals surface area contributed by atoms with Gasteiger partial charge < -0.3 is 14.6 Å². The number of hydrogen-bond acceptors (Lipinski definition) is 4. The van der Waals surface area contributed by atoms with E-state index in [9.17, 15) is 9.90 Å². The number of allylic oxidation sites excluding steroid dienone is 1. The molecular weight excluding hydrogens is 352 g/mol. The molecule has 28 heavy (non-hydrogen) atoms. The molecule has 2 aliphatic heterocycles. The van der Waals surface area contributed by atoms with Crippen LogP contribution in [0, 0.1) is 5.41 Å². The molecule has 1 fully saturated rings. The summed E-state index contributed by atoms with van der Waals surface area (Å²) in [4.78, 5) is 12.3. The SMILES string of the molecule is CCCCCCCC[C@@H]1CCC[C@]2(C=C(CO)[C@@]3(C)CC(=O)C(C)=C[C@H]3O2)O1. The molecule has 3 rings (SSSR count). The number of rotatable bonds is 8. The largest absolute Gasteiger partial charge is 0.392 e. The van der Waals surface area contributed by atoms with E-state index in [0.29, 0.717) is 6.42 Å². The summed E-state index contributed by atoms with van der Waals surface area (Å²) < 4.78 is 13.0. The van der Waals surface area contributed by atoms with Crippen molar-refractivity contribution in [2.24, 2.45) is 5.41 Å².